The summed E-state index contributed by atoms with van der Waals surface area (Å²) in [5, 5.41) is 4.47. The Kier molecular flexibility index (Phi) is 6.56. The van der Waals surface area contributed by atoms with Crippen LogP contribution >= 0.6 is 0 Å². The second-order valence-electron chi connectivity index (χ2n) is 7.88. The number of fused-ring (bicyclic) bond motifs is 1. The molecule has 0 amide bonds. The van der Waals surface area contributed by atoms with Crippen LogP contribution in [0.3, 0.4) is 0 Å². The summed E-state index contributed by atoms with van der Waals surface area (Å²) < 4.78 is 12.9. The van der Waals surface area contributed by atoms with Gasteiger partial charge in [0.2, 0.25) is 0 Å². The summed E-state index contributed by atoms with van der Waals surface area (Å²) in [6.07, 6.45) is 1.63. The molecule has 166 valence electrons. The first-order valence-corrected chi connectivity index (χ1v) is 10.6. The summed E-state index contributed by atoms with van der Waals surface area (Å²) in [6.45, 7) is 2.41. The number of anilines is 1. The van der Waals surface area contributed by atoms with E-state index < -0.39 is 0 Å². The maximum absolute atomic E-state index is 5.34. The van der Waals surface area contributed by atoms with Gasteiger partial charge < -0.3 is 24.3 Å². The molecule has 0 aliphatic carbocycles. The van der Waals surface area contributed by atoms with E-state index in [1.165, 1.54) is 5.56 Å². The van der Waals surface area contributed by atoms with Gasteiger partial charge in [0.25, 0.3) is 0 Å². The van der Waals surface area contributed by atoms with Gasteiger partial charge in [0.05, 0.1) is 25.3 Å². The Labute approximate surface area is 188 Å². The highest BCUT2D eigenvalue weighted by Gasteiger charge is 2.16. The summed E-state index contributed by atoms with van der Waals surface area (Å²) >= 11 is 0. The standard InChI is InChI=1S/C25H29N5O2/c1-29(2)14-13-26-24-22-15-23(19-7-11-21(32-4)12-8-19)30(25(22)28-17-27-24)16-18-5-9-20(31-3)10-6-18/h5-12,15,17H,13-14,16H2,1-4H3,(H,26,27,28). The van der Waals surface area contributed by atoms with Crippen LogP contribution in [0.25, 0.3) is 22.3 Å². The number of likely N-dealkylation sites (N-methyl/N-ethyl adjacent to an activating group) is 1. The molecule has 0 spiro atoms. The zero-order valence-corrected chi connectivity index (χ0v) is 19.0. The molecule has 0 fully saturated rings. The minimum atomic E-state index is 0.684. The van der Waals surface area contributed by atoms with Crippen molar-refractivity contribution in [3.63, 3.8) is 0 Å². The zero-order valence-electron chi connectivity index (χ0n) is 19.0. The molecule has 0 bridgehead atoms. The first-order chi connectivity index (χ1) is 15.6. The smallest absolute Gasteiger partial charge is 0.146 e. The van der Waals surface area contributed by atoms with Gasteiger partial charge in [-0.1, -0.05) is 12.1 Å². The van der Waals surface area contributed by atoms with Crippen molar-refractivity contribution in [1.29, 1.82) is 0 Å². The predicted octanol–water partition coefficient (Wildman–Crippen LogP) is 4.14. The number of nitrogens with zero attached hydrogens (tertiary/aromatic N) is 4. The number of ether oxygens (including phenoxy) is 2. The van der Waals surface area contributed by atoms with Gasteiger partial charge in [-0.2, -0.15) is 0 Å². The number of nitrogens with one attached hydrogen (secondary N) is 1. The summed E-state index contributed by atoms with van der Waals surface area (Å²) in [6, 6.07) is 18.4. The van der Waals surface area contributed by atoms with Crippen molar-refractivity contribution >= 4 is 16.9 Å². The van der Waals surface area contributed by atoms with Crippen molar-refractivity contribution < 1.29 is 9.47 Å². The lowest BCUT2D eigenvalue weighted by Gasteiger charge is -2.12. The SMILES string of the molecule is COc1ccc(Cn2c(-c3ccc(OC)cc3)cc3c(NCCN(C)C)ncnc32)cc1. The van der Waals surface area contributed by atoms with Crippen LogP contribution in [0, 0.1) is 0 Å². The second-order valence-corrected chi connectivity index (χ2v) is 7.88. The fourth-order valence-corrected chi connectivity index (χ4v) is 3.68. The molecule has 0 aliphatic heterocycles. The number of rotatable bonds is 9. The van der Waals surface area contributed by atoms with E-state index in [0.29, 0.717) is 6.54 Å². The van der Waals surface area contributed by atoms with Gasteiger partial charge >= 0.3 is 0 Å². The molecule has 2 aromatic heterocycles. The Morgan fingerprint density at radius 1 is 0.906 bits per heavy atom. The van der Waals surface area contributed by atoms with E-state index in [0.717, 1.165) is 52.7 Å². The van der Waals surface area contributed by atoms with Gasteiger partial charge in [0.15, 0.2) is 0 Å². The average Bonchev–Trinajstić information content (AvgIpc) is 3.18. The van der Waals surface area contributed by atoms with E-state index in [1.807, 2.05) is 24.3 Å². The normalized spacial score (nSPS) is 11.2. The maximum Gasteiger partial charge on any atom is 0.146 e. The Hall–Kier alpha value is -3.58. The monoisotopic (exact) mass is 431 g/mol. The topological polar surface area (TPSA) is 64.4 Å². The van der Waals surface area contributed by atoms with Gasteiger partial charge in [-0.05, 0) is 67.7 Å². The van der Waals surface area contributed by atoms with Gasteiger partial charge in [-0.3, -0.25) is 0 Å². The van der Waals surface area contributed by atoms with Crippen LogP contribution in [0.15, 0.2) is 60.9 Å². The highest BCUT2D eigenvalue weighted by molar-refractivity contribution is 5.92. The largest absolute Gasteiger partial charge is 0.497 e. The molecule has 7 nitrogen and oxygen atoms in total. The first-order valence-electron chi connectivity index (χ1n) is 10.6. The highest BCUT2D eigenvalue weighted by Crippen LogP contribution is 2.32. The Bertz CT molecular complexity index is 1170. The number of hydrogen-bond donors (Lipinski definition) is 1. The van der Waals surface area contributed by atoms with E-state index in [2.05, 4.69) is 69.2 Å². The molecule has 2 aromatic carbocycles. The highest BCUT2D eigenvalue weighted by atomic mass is 16.5. The molecule has 32 heavy (non-hydrogen) atoms. The molecule has 0 atom stereocenters. The zero-order chi connectivity index (χ0) is 22.5. The predicted molar refractivity (Wildman–Crippen MR) is 129 cm³/mol. The lowest BCUT2D eigenvalue weighted by Crippen LogP contribution is -2.21. The van der Waals surface area contributed by atoms with E-state index in [-0.39, 0.29) is 0 Å². The van der Waals surface area contributed by atoms with Gasteiger partial charge in [-0.25, -0.2) is 9.97 Å². The van der Waals surface area contributed by atoms with E-state index >= 15 is 0 Å². The fraction of sp³-hybridized carbons (Fsp3) is 0.280. The number of benzene rings is 2. The third kappa shape index (κ3) is 4.68. The van der Waals surface area contributed by atoms with Crippen molar-refractivity contribution in [3.8, 4) is 22.8 Å². The molecule has 2 heterocycles. The van der Waals surface area contributed by atoms with Crippen LogP contribution in [0.1, 0.15) is 5.56 Å². The summed E-state index contributed by atoms with van der Waals surface area (Å²) in [7, 11) is 7.48. The summed E-state index contributed by atoms with van der Waals surface area (Å²) in [5.41, 5.74) is 4.24. The molecule has 7 heteroatoms. The van der Waals surface area contributed by atoms with Crippen LogP contribution in [-0.2, 0) is 6.54 Å². The molecule has 0 aliphatic rings. The average molecular weight is 432 g/mol. The van der Waals surface area contributed by atoms with Crippen LogP contribution in [0.5, 0.6) is 11.5 Å². The van der Waals surface area contributed by atoms with Crippen LogP contribution in [0.2, 0.25) is 0 Å². The summed E-state index contributed by atoms with van der Waals surface area (Å²) in [4.78, 5) is 11.3. The van der Waals surface area contributed by atoms with E-state index in [9.17, 15) is 0 Å². The van der Waals surface area contributed by atoms with E-state index in [1.54, 1.807) is 20.5 Å². The van der Waals surface area contributed by atoms with E-state index in [4.69, 9.17) is 9.47 Å². The fourth-order valence-electron chi connectivity index (χ4n) is 3.68. The first kappa shape index (κ1) is 21.6. The molecule has 0 radical (unpaired) electrons. The third-order valence-electron chi connectivity index (χ3n) is 5.43. The minimum Gasteiger partial charge on any atom is -0.497 e. The molecule has 0 saturated heterocycles. The summed E-state index contributed by atoms with van der Waals surface area (Å²) in [5.74, 6) is 2.52. The number of hydrogen-bond acceptors (Lipinski definition) is 6. The van der Waals surface area contributed by atoms with Gasteiger partial charge in [0, 0.05) is 19.6 Å². The lowest BCUT2D eigenvalue weighted by molar-refractivity contribution is 0.414. The number of aromatic nitrogens is 3. The Morgan fingerprint density at radius 3 is 2.19 bits per heavy atom. The molecule has 0 saturated carbocycles. The Balaban J connectivity index is 1.78. The molecular weight excluding hydrogens is 402 g/mol. The van der Waals surface area contributed by atoms with Gasteiger partial charge in [-0.15, -0.1) is 0 Å². The van der Waals surface area contributed by atoms with Gasteiger partial charge in [0.1, 0.15) is 29.3 Å². The van der Waals surface area contributed by atoms with Crippen molar-refractivity contribution in [2.24, 2.45) is 0 Å². The lowest BCUT2D eigenvalue weighted by atomic mass is 10.1. The van der Waals surface area contributed by atoms with Crippen molar-refractivity contribution in [1.82, 2.24) is 19.4 Å². The maximum atomic E-state index is 5.34. The Morgan fingerprint density at radius 2 is 1.56 bits per heavy atom. The molecule has 4 rings (SSSR count). The van der Waals surface area contributed by atoms with Crippen molar-refractivity contribution in [2.75, 3.05) is 46.7 Å². The van der Waals surface area contributed by atoms with Crippen LogP contribution in [0.4, 0.5) is 5.82 Å². The molecule has 0 unspecified atom stereocenters. The van der Waals surface area contributed by atoms with Crippen LogP contribution in [-0.4, -0.2) is 60.8 Å². The van der Waals surface area contributed by atoms with Crippen molar-refractivity contribution in [3.05, 3.63) is 66.5 Å². The quantitative estimate of drug-likeness (QED) is 0.430. The number of methoxy groups -OCH3 is 2. The minimum absolute atomic E-state index is 0.684. The molecule has 4 aromatic rings. The van der Waals surface area contributed by atoms with Crippen molar-refractivity contribution in [2.45, 2.75) is 6.54 Å². The second kappa shape index (κ2) is 9.70. The third-order valence-corrected chi connectivity index (χ3v) is 5.43. The molecule has 1 N–H and O–H groups in total. The molecular formula is C25H29N5O2. The van der Waals surface area contributed by atoms with Crippen LogP contribution < -0.4 is 14.8 Å².